The summed E-state index contributed by atoms with van der Waals surface area (Å²) in [6, 6.07) is 21.4. The summed E-state index contributed by atoms with van der Waals surface area (Å²) in [6.45, 7) is 4.87. The maximum absolute atomic E-state index is 2.43. The second kappa shape index (κ2) is 4.67. The fourth-order valence-corrected chi connectivity index (χ4v) is 5.13. The van der Waals surface area contributed by atoms with Crippen molar-refractivity contribution in [2.24, 2.45) is 0 Å². The Bertz CT molecular complexity index is 634. The van der Waals surface area contributed by atoms with Crippen molar-refractivity contribution in [3.8, 4) is 0 Å². The predicted molar refractivity (Wildman–Crippen MR) is 86.3 cm³/mol. The molecule has 0 N–H and O–H groups in total. The SMILES string of the molecule is C[Si]1(C)C(c2ccccc2)=C/C1=C/c1ccccc1. The molecule has 0 aliphatic carbocycles. The van der Waals surface area contributed by atoms with E-state index in [4.69, 9.17) is 0 Å². The lowest BCUT2D eigenvalue weighted by atomic mass is 10.1. The van der Waals surface area contributed by atoms with E-state index in [0.717, 1.165) is 0 Å². The molecule has 0 spiro atoms. The Morgan fingerprint density at radius 2 is 1.37 bits per heavy atom. The average molecular weight is 262 g/mol. The van der Waals surface area contributed by atoms with Crippen molar-refractivity contribution >= 4 is 19.3 Å². The van der Waals surface area contributed by atoms with Crippen LogP contribution in [0.1, 0.15) is 11.1 Å². The number of allylic oxidation sites excluding steroid dienone is 2. The number of rotatable bonds is 2. The molecule has 0 saturated carbocycles. The highest BCUT2D eigenvalue weighted by atomic mass is 28.3. The van der Waals surface area contributed by atoms with Crippen LogP contribution in [0.25, 0.3) is 11.3 Å². The van der Waals surface area contributed by atoms with Crippen LogP contribution < -0.4 is 0 Å². The monoisotopic (exact) mass is 262 g/mol. The summed E-state index contributed by atoms with van der Waals surface area (Å²) in [6.07, 6.45) is 4.72. The first-order valence-corrected chi connectivity index (χ1v) is 9.73. The van der Waals surface area contributed by atoms with E-state index in [1.54, 1.807) is 5.20 Å². The molecule has 0 atom stereocenters. The molecule has 1 heteroatoms. The minimum absolute atomic E-state index is 1.31. The Labute approximate surface area is 116 Å². The van der Waals surface area contributed by atoms with E-state index in [2.05, 4.69) is 85.9 Å². The fourth-order valence-electron chi connectivity index (χ4n) is 2.61. The zero-order chi connectivity index (χ0) is 13.3. The second-order valence-corrected chi connectivity index (χ2v) is 9.93. The quantitative estimate of drug-likeness (QED) is 0.671. The van der Waals surface area contributed by atoms with Crippen LogP contribution >= 0.6 is 0 Å². The van der Waals surface area contributed by atoms with Gasteiger partial charge in [-0.15, -0.1) is 0 Å². The molecule has 0 fully saturated rings. The summed E-state index contributed by atoms with van der Waals surface area (Å²) in [5.74, 6) is 0. The van der Waals surface area contributed by atoms with Crippen LogP contribution in [0.3, 0.4) is 0 Å². The Kier molecular flexibility index (Phi) is 3.00. The van der Waals surface area contributed by atoms with Gasteiger partial charge in [0.2, 0.25) is 0 Å². The lowest BCUT2D eigenvalue weighted by Crippen LogP contribution is -2.38. The van der Waals surface area contributed by atoms with Crippen LogP contribution in [0.5, 0.6) is 0 Å². The van der Waals surface area contributed by atoms with E-state index in [1.807, 2.05) is 0 Å². The average Bonchev–Trinajstić information content (AvgIpc) is 2.45. The summed E-state index contributed by atoms with van der Waals surface area (Å²) in [5.41, 5.74) is 2.70. The van der Waals surface area contributed by atoms with E-state index in [0.29, 0.717) is 0 Å². The smallest absolute Gasteiger partial charge is 0.0623 e. The van der Waals surface area contributed by atoms with Crippen molar-refractivity contribution in [2.75, 3.05) is 0 Å². The first kappa shape index (κ1) is 12.2. The molecule has 0 aromatic heterocycles. The van der Waals surface area contributed by atoms with Crippen LogP contribution in [-0.2, 0) is 0 Å². The topological polar surface area (TPSA) is 0 Å². The van der Waals surface area contributed by atoms with Gasteiger partial charge in [-0.1, -0.05) is 91.1 Å². The van der Waals surface area contributed by atoms with Crippen molar-refractivity contribution < 1.29 is 0 Å². The van der Waals surface area contributed by atoms with Crippen LogP contribution in [-0.4, -0.2) is 8.07 Å². The highest BCUT2D eigenvalue weighted by molar-refractivity contribution is 7.05. The molecule has 0 amide bonds. The maximum atomic E-state index is 2.43. The molecule has 0 bridgehead atoms. The summed E-state index contributed by atoms with van der Waals surface area (Å²) < 4.78 is 0. The molecule has 0 nitrogen and oxygen atoms in total. The maximum Gasteiger partial charge on any atom is 0.113 e. The minimum Gasteiger partial charge on any atom is -0.0623 e. The Morgan fingerprint density at radius 3 is 1.95 bits per heavy atom. The third-order valence-electron chi connectivity index (χ3n) is 3.90. The third-order valence-corrected chi connectivity index (χ3v) is 7.41. The van der Waals surface area contributed by atoms with E-state index >= 15 is 0 Å². The van der Waals surface area contributed by atoms with Gasteiger partial charge in [-0.25, -0.2) is 0 Å². The molecule has 2 aromatic rings. The lowest BCUT2D eigenvalue weighted by Gasteiger charge is -2.37. The van der Waals surface area contributed by atoms with Gasteiger partial charge in [0.1, 0.15) is 8.07 Å². The summed E-state index contributed by atoms with van der Waals surface area (Å²) in [7, 11) is -1.41. The molecule has 0 unspecified atom stereocenters. The number of benzene rings is 2. The van der Waals surface area contributed by atoms with Crippen molar-refractivity contribution in [3.63, 3.8) is 0 Å². The Morgan fingerprint density at radius 1 is 0.789 bits per heavy atom. The molecule has 2 aromatic carbocycles. The predicted octanol–water partition coefficient (Wildman–Crippen LogP) is 4.95. The molecular weight excluding hydrogens is 244 g/mol. The van der Waals surface area contributed by atoms with Crippen LogP contribution in [0.2, 0.25) is 13.1 Å². The highest BCUT2D eigenvalue weighted by Crippen LogP contribution is 2.42. The van der Waals surface area contributed by atoms with Gasteiger partial charge in [0.15, 0.2) is 0 Å². The first-order valence-electron chi connectivity index (χ1n) is 6.73. The summed E-state index contributed by atoms with van der Waals surface area (Å²) in [4.78, 5) is 0. The molecular formula is C18H18Si. The molecule has 0 saturated heterocycles. The zero-order valence-corrected chi connectivity index (χ0v) is 12.4. The first-order chi connectivity index (χ1) is 9.18. The van der Waals surface area contributed by atoms with Gasteiger partial charge in [-0.05, 0) is 16.3 Å². The molecule has 19 heavy (non-hydrogen) atoms. The van der Waals surface area contributed by atoms with Crippen LogP contribution in [0.4, 0.5) is 0 Å². The van der Waals surface area contributed by atoms with Gasteiger partial charge in [0.25, 0.3) is 0 Å². The number of hydrogen-bond acceptors (Lipinski definition) is 0. The van der Waals surface area contributed by atoms with Crippen molar-refractivity contribution in [3.05, 3.63) is 83.1 Å². The molecule has 94 valence electrons. The Hall–Kier alpha value is -1.86. The normalized spacial score (nSPS) is 18.8. The lowest BCUT2D eigenvalue weighted by molar-refractivity contribution is 1.56. The molecule has 1 aliphatic rings. The second-order valence-electron chi connectivity index (χ2n) is 5.56. The zero-order valence-electron chi connectivity index (χ0n) is 11.4. The van der Waals surface area contributed by atoms with E-state index in [1.165, 1.54) is 16.3 Å². The largest absolute Gasteiger partial charge is 0.113 e. The van der Waals surface area contributed by atoms with Gasteiger partial charge in [0, 0.05) is 0 Å². The van der Waals surface area contributed by atoms with Gasteiger partial charge in [-0.2, -0.15) is 0 Å². The van der Waals surface area contributed by atoms with Crippen molar-refractivity contribution in [1.29, 1.82) is 0 Å². The fraction of sp³-hybridized carbons (Fsp3) is 0.111. The molecule has 1 heterocycles. The van der Waals surface area contributed by atoms with Crippen molar-refractivity contribution in [2.45, 2.75) is 13.1 Å². The standard InChI is InChI=1S/C18H18Si/c1-19(2)17(13-15-9-5-3-6-10-15)14-18(19)16-11-7-4-8-12-16/h3-14H,1-2H3/b17-13-. The summed E-state index contributed by atoms with van der Waals surface area (Å²) >= 11 is 0. The third kappa shape index (κ3) is 2.22. The molecule has 3 rings (SSSR count). The van der Waals surface area contributed by atoms with Gasteiger partial charge in [-0.3, -0.25) is 0 Å². The van der Waals surface area contributed by atoms with E-state index in [-0.39, 0.29) is 0 Å². The van der Waals surface area contributed by atoms with E-state index in [9.17, 15) is 0 Å². The molecule has 0 radical (unpaired) electrons. The number of hydrogen-bond donors (Lipinski definition) is 0. The summed E-state index contributed by atoms with van der Waals surface area (Å²) in [5, 5.41) is 3.10. The Balaban J connectivity index is 1.96. The van der Waals surface area contributed by atoms with Gasteiger partial charge >= 0.3 is 0 Å². The van der Waals surface area contributed by atoms with Crippen LogP contribution in [0, 0.1) is 0 Å². The highest BCUT2D eigenvalue weighted by Gasteiger charge is 2.37. The van der Waals surface area contributed by atoms with Crippen LogP contribution in [0.15, 0.2) is 71.9 Å². The molecule has 1 aliphatic heterocycles. The van der Waals surface area contributed by atoms with Crippen molar-refractivity contribution in [1.82, 2.24) is 0 Å². The van der Waals surface area contributed by atoms with Gasteiger partial charge in [0.05, 0.1) is 0 Å². The van der Waals surface area contributed by atoms with E-state index < -0.39 is 8.07 Å². The van der Waals surface area contributed by atoms with Gasteiger partial charge < -0.3 is 0 Å². The minimum atomic E-state index is -1.41.